The first-order chi connectivity index (χ1) is 12.6. The van der Waals surface area contributed by atoms with Crippen LogP contribution < -0.4 is 20.1 Å². The first-order valence-electron chi connectivity index (χ1n) is 8.82. The van der Waals surface area contributed by atoms with Crippen molar-refractivity contribution in [3.05, 3.63) is 23.8 Å². The number of rotatable bonds is 6. The third kappa shape index (κ3) is 5.87. The van der Waals surface area contributed by atoms with E-state index in [4.69, 9.17) is 14.2 Å². The molecule has 0 bridgehead atoms. The van der Waals surface area contributed by atoms with E-state index in [0.29, 0.717) is 11.5 Å². The lowest BCUT2D eigenvalue weighted by Gasteiger charge is -2.18. The largest absolute Gasteiger partial charge is 0.483 e. The Kier molecular flexibility index (Phi) is 6.30. The van der Waals surface area contributed by atoms with Crippen molar-refractivity contribution >= 4 is 17.9 Å². The fraction of sp³-hybridized carbons (Fsp3) is 0.526. The van der Waals surface area contributed by atoms with Crippen molar-refractivity contribution in [3.8, 4) is 11.5 Å². The van der Waals surface area contributed by atoms with Crippen molar-refractivity contribution < 1.29 is 28.6 Å². The van der Waals surface area contributed by atoms with Crippen LogP contribution in [0.25, 0.3) is 0 Å². The lowest BCUT2D eigenvalue weighted by atomic mass is 10.0. The van der Waals surface area contributed by atoms with Gasteiger partial charge in [0.05, 0.1) is 0 Å². The molecule has 0 saturated carbocycles. The van der Waals surface area contributed by atoms with Crippen molar-refractivity contribution in [1.82, 2.24) is 10.6 Å². The highest BCUT2D eigenvalue weighted by molar-refractivity contribution is 5.97. The summed E-state index contributed by atoms with van der Waals surface area (Å²) >= 11 is 0. The SMILES string of the molecule is CC(C)NC(=O)NC(=O)C(C)OC(=O)COc1cccc2c1OC(C)(C)C2. The Morgan fingerprint density at radius 3 is 2.59 bits per heavy atom. The number of hydrogen-bond donors (Lipinski definition) is 2. The van der Waals surface area contributed by atoms with Gasteiger partial charge < -0.3 is 19.5 Å². The van der Waals surface area contributed by atoms with Crippen molar-refractivity contribution in [1.29, 1.82) is 0 Å². The van der Waals surface area contributed by atoms with E-state index in [0.717, 1.165) is 12.0 Å². The molecule has 1 aromatic carbocycles. The van der Waals surface area contributed by atoms with Gasteiger partial charge in [0.2, 0.25) is 0 Å². The summed E-state index contributed by atoms with van der Waals surface area (Å²) in [6, 6.07) is 4.72. The van der Waals surface area contributed by atoms with Gasteiger partial charge in [-0.05, 0) is 40.7 Å². The van der Waals surface area contributed by atoms with Crippen LogP contribution in [0.4, 0.5) is 4.79 Å². The minimum absolute atomic E-state index is 0.121. The molecule has 1 atom stereocenters. The number of urea groups is 1. The normalized spacial score (nSPS) is 15.3. The zero-order chi connectivity index (χ0) is 20.2. The van der Waals surface area contributed by atoms with Crippen LogP contribution in [0.3, 0.4) is 0 Å². The zero-order valence-corrected chi connectivity index (χ0v) is 16.3. The number of hydrogen-bond acceptors (Lipinski definition) is 6. The molecule has 2 rings (SSSR count). The van der Waals surface area contributed by atoms with Crippen molar-refractivity contribution in [2.75, 3.05) is 6.61 Å². The molecule has 1 aliphatic rings. The Morgan fingerprint density at radius 2 is 1.93 bits per heavy atom. The minimum Gasteiger partial charge on any atom is -0.483 e. The molecule has 0 spiro atoms. The van der Waals surface area contributed by atoms with E-state index >= 15 is 0 Å². The number of para-hydroxylation sites is 1. The molecule has 2 N–H and O–H groups in total. The molecule has 0 saturated heterocycles. The van der Waals surface area contributed by atoms with Gasteiger partial charge in [-0.2, -0.15) is 0 Å². The summed E-state index contributed by atoms with van der Waals surface area (Å²) in [5, 5.41) is 4.62. The maximum atomic E-state index is 12.0. The Bertz CT molecular complexity index is 729. The van der Waals surface area contributed by atoms with Crippen LogP contribution in [0.15, 0.2) is 18.2 Å². The Balaban J connectivity index is 1.84. The summed E-state index contributed by atoms with van der Waals surface area (Å²) in [5.74, 6) is -0.376. The first-order valence-corrected chi connectivity index (χ1v) is 8.82. The molecule has 27 heavy (non-hydrogen) atoms. The third-order valence-corrected chi connectivity index (χ3v) is 3.73. The van der Waals surface area contributed by atoms with Crippen LogP contribution in [-0.2, 0) is 20.7 Å². The average Bonchev–Trinajstić information content (AvgIpc) is 2.86. The van der Waals surface area contributed by atoms with Gasteiger partial charge in [0.1, 0.15) is 5.60 Å². The number of carbonyl (C=O) groups is 3. The van der Waals surface area contributed by atoms with E-state index in [1.54, 1.807) is 19.9 Å². The summed E-state index contributed by atoms with van der Waals surface area (Å²) < 4.78 is 16.4. The summed E-state index contributed by atoms with van der Waals surface area (Å²) in [6.07, 6.45) is -0.379. The Labute approximate surface area is 158 Å². The number of imide groups is 1. The summed E-state index contributed by atoms with van der Waals surface area (Å²) in [7, 11) is 0. The molecule has 0 aromatic heterocycles. The number of ether oxygens (including phenoxy) is 3. The predicted octanol–water partition coefficient (Wildman–Crippen LogP) is 1.94. The lowest BCUT2D eigenvalue weighted by Crippen LogP contribution is -2.46. The van der Waals surface area contributed by atoms with Crippen LogP contribution >= 0.6 is 0 Å². The molecule has 1 heterocycles. The number of carbonyl (C=O) groups excluding carboxylic acids is 3. The quantitative estimate of drug-likeness (QED) is 0.734. The molecular weight excluding hydrogens is 352 g/mol. The molecule has 1 unspecified atom stereocenters. The lowest BCUT2D eigenvalue weighted by molar-refractivity contribution is -0.156. The first kappa shape index (κ1) is 20.5. The summed E-state index contributed by atoms with van der Waals surface area (Å²) in [6.45, 7) is 8.46. The van der Waals surface area contributed by atoms with Gasteiger partial charge in [0.15, 0.2) is 24.2 Å². The van der Waals surface area contributed by atoms with Gasteiger partial charge in [0.25, 0.3) is 5.91 Å². The molecule has 3 amide bonds. The van der Waals surface area contributed by atoms with Gasteiger partial charge in [-0.1, -0.05) is 12.1 Å². The predicted molar refractivity (Wildman–Crippen MR) is 97.7 cm³/mol. The number of nitrogens with one attached hydrogen (secondary N) is 2. The van der Waals surface area contributed by atoms with E-state index in [-0.39, 0.29) is 18.2 Å². The Hall–Kier alpha value is -2.77. The van der Waals surface area contributed by atoms with E-state index < -0.39 is 24.0 Å². The minimum atomic E-state index is -1.13. The van der Waals surface area contributed by atoms with Gasteiger partial charge >= 0.3 is 12.0 Å². The second kappa shape index (κ2) is 8.28. The fourth-order valence-electron chi connectivity index (χ4n) is 2.63. The highest BCUT2D eigenvalue weighted by Crippen LogP contribution is 2.41. The van der Waals surface area contributed by atoms with Crippen LogP contribution in [0.5, 0.6) is 11.5 Å². The van der Waals surface area contributed by atoms with Gasteiger partial charge in [-0.3, -0.25) is 10.1 Å². The van der Waals surface area contributed by atoms with Crippen molar-refractivity contribution in [3.63, 3.8) is 0 Å². The van der Waals surface area contributed by atoms with Crippen LogP contribution in [0.1, 0.15) is 40.2 Å². The zero-order valence-electron chi connectivity index (χ0n) is 16.3. The topological polar surface area (TPSA) is 103 Å². The standard InChI is InChI=1S/C19H26N2O6/c1-11(2)20-18(24)21-17(23)12(3)26-15(22)10-25-14-8-6-7-13-9-19(4,5)27-16(13)14/h6-8,11-12H,9-10H2,1-5H3,(H2,20,21,23,24). The fourth-order valence-corrected chi connectivity index (χ4v) is 2.63. The number of esters is 1. The van der Waals surface area contributed by atoms with Crippen LogP contribution in [0.2, 0.25) is 0 Å². The second-order valence-electron chi connectivity index (χ2n) is 7.32. The maximum absolute atomic E-state index is 12.0. The number of amides is 3. The van der Waals surface area contributed by atoms with E-state index in [1.165, 1.54) is 6.92 Å². The van der Waals surface area contributed by atoms with E-state index in [2.05, 4.69) is 10.6 Å². The summed E-state index contributed by atoms with van der Waals surface area (Å²) in [4.78, 5) is 35.3. The number of benzene rings is 1. The summed E-state index contributed by atoms with van der Waals surface area (Å²) in [5.41, 5.74) is 0.681. The van der Waals surface area contributed by atoms with Crippen molar-refractivity contribution in [2.45, 2.75) is 58.8 Å². The van der Waals surface area contributed by atoms with Crippen LogP contribution in [-0.4, -0.2) is 42.3 Å². The average molecular weight is 378 g/mol. The maximum Gasteiger partial charge on any atom is 0.344 e. The van der Waals surface area contributed by atoms with Crippen LogP contribution in [0, 0.1) is 0 Å². The van der Waals surface area contributed by atoms with Gasteiger partial charge in [-0.25, -0.2) is 9.59 Å². The molecule has 8 heteroatoms. The smallest absolute Gasteiger partial charge is 0.344 e. The molecule has 148 valence electrons. The number of fused-ring (bicyclic) bond motifs is 1. The van der Waals surface area contributed by atoms with E-state index in [1.807, 2.05) is 26.0 Å². The molecule has 8 nitrogen and oxygen atoms in total. The second-order valence-corrected chi connectivity index (χ2v) is 7.32. The molecule has 0 radical (unpaired) electrons. The van der Waals surface area contributed by atoms with Gasteiger partial charge in [0, 0.05) is 18.0 Å². The molecule has 1 aliphatic heterocycles. The van der Waals surface area contributed by atoms with E-state index in [9.17, 15) is 14.4 Å². The highest BCUT2D eigenvalue weighted by Gasteiger charge is 2.32. The molecule has 0 fully saturated rings. The molecule has 1 aromatic rings. The van der Waals surface area contributed by atoms with Crippen molar-refractivity contribution in [2.24, 2.45) is 0 Å². The Morgan fingerprint density at radius 1 is 1.22 bits per heavy atom. The highest BCUT2D eigenvalue weighted by atomic mass is 16.6. The molecular formula is C19H26N2O6. The van der Waals surface area contributed by atoms with Gasteiger partial charge in [-0.15, -0.1) is 0 Å². The molecule has 0 aliphatic carbocycles. The monoisotopic (exact) mass is 378 g/mol. The third-order valence-electron chi connectivity index (χ3n) is 3.73.